The molecule has 1 amide bonds. The molecule has 1 fully saturated rings. The van der Waals surface area contributed by atoms with E-state index in [0.29, 0.717) is 22.9 Å². The van der Waals surface area contributed by atoms with Gasteiger partial charge in [0.15, 0.2) is 0 Å². The van der Waals surface area contributed by atoms with Crippen LogP contribution in [0.3, 0.4) is 0 Å². The van der Waals surface area contributed by atoms with Gasteiger partial charge >= 0.3 is 5.97 Å². The number of ether oxygens (including phenoxy) is 1. The molecule has 0 spiro atoms. The van der Waals surface area contributed by atoms with Gasteiger partial charge in [-0.05, 0) is 19.1 Å². The second-order valence-electron chi connectivity index (χ2n) is 7.46. The van der Waals surface area contributed by atoms with Gasteiger partial charge in [-0.15, -0.1) is 11.3 Å². The molecule has 1 aliphatic rings. The Morgan fingerprint density at radius 1 is 1.43 bits per heavy atom. The highest BCUT2D eigenvalue weighted by atomic mass is 32.1. The van der Waals surface area contributed by atoms with Crippen LogP contribution in [-0.4, -0.2) is 40.2 Å². The molecule has 1 aromatic heterocycles. The molecule has 1 aliphatic carbocycles. The first-order chi connectivity index (χ1) is 13.2. The van der Waals surface area contributed by atoms with Gasteiger partial charge in [0.25, 0.3) is 0 Å². The molecule has 0 radical (unpaired) electrons. The molecule has 2 N–H and O–H groups in total. The van der Waals surface area contributed by atoms with E-state index in [1.165, 1.54) is 23.5 Å². The summed E-state index contributed by atoms with van der Waals surface area (Å²) in [6.45, 7) is 5.92. The Morgan fingerprint density at radius 2 is 2.18 bits per heavy atom. The third-order valence-corrected chi connectivity index (χ3v) is 6.39. The van der Waals surface area contributed by atoms with E-state index in [1.807, 2.05) is 6.92 Å². The second-order valence-corrected chi connectivity index (χ2v) is 8.32. The van der Waals surface area contributed by atoms with Crippen molar-refractivity contribution in [3.8, 4) is 10.6 Å². The van der Waals surface area contributed by atoms with Crippen LogP contribution in [-0.2, 0) is 20.7 Å². The summed E-state index contributed by atoms with van der Waals surface area (Å²) in [6.07, 6.45) is -0.0516. The van der Waals surface area contributed by atoms with Gasteiger partial charge in [-0.25, -0.2) is 14.2 Å². The smallest absolute Gasteiger partial charge is 0.330 e. The normalized spacial score (nSPS) is 23.1. The number of hydrogen-bond acceptors (Lipinski definition) is 5. The third kappa shape index (κ3) is 3.54. The Balaban J connectivity index is 1.71. The van der Waals surface area contributed by atoms with Crippen molar-refractivity contribution in [2.45, 2.75) is 45.3 Å². The number of halogens is 1. The number of hydrogen-bond donors (Lipinski definition) is 2. The molecule has 6 nitrogen and oxygen atoms in total. The van der Waals surface area contributed by atoms with Crippen molar-refractivity contribution in [3.63, 3.8) is 0 Å². The Kier molecular flexibility index (Phi) is 5.54. The lowest BCUT2D eigenvalue weighted by atomic mass is 9.54. The highest BCUT2D eigenvalue weighted by molar-refractivity contribution is 7.13. The third-order valence-electron chi connectivity index (χ3n) is 5.45. The van der Waals surface area contributed by atoms with Gasteiger partial charge in [0, 0.05) is 29.4 Å². The summed E-state index contributed by atoms with van der Waals surface area (Å²) in [5.41, 5.74) is -0.955. The average molecular weight is 406 g/mol. The average Bonchev–Trinajstić information content (AvgIpc) is 3.08. The van der Waals surface area contributed by atoms with Crippen molar-refractivity contribution in [1.82, 2.24) is 10.3 Å². The minimum absolute atomic E-state index is 0.0454. The maximum atomic E-state index is 13.4. The van der Waals surface area contributed by atoms with Crippen LogP contribution < -0.4 is 5.32 Å². The molecule has 2 atom stereocenters. The summed E-state index contributed by atoms with van der Waals surface area (Å²) >= 11 is 1.31. The Morgan fingerprint density at radius 3 is 2.79 bits per heavy atom. The van der Waals surface area contributed by atoms with E-state index in [0.717, 1.165) is 0 Å². The van der Waals surface area contributed by atoms with Crippen LogP contribution in [0.5, 0.6) is 0 Å². The van der Waals surface area contributed by atoms with E-state index in [2.05, 4.69) is 10.3 Å². The molecule has 3 rings (SSSR count). The monoisotopic (exact) mass is 406 g/mol. The lowest BCUT2D eigenvalue weighted by Crippen LogP contribution is -2.76. The van der Waals surface area contributed by atoms with Gasteiger partial charge in [-0.2, -0.15) is 0 Å². The summed E-state index contributed by atoms with van der Waals surface area (Å²) < 4.78 is 19.0. The number of nitrogens with zero attached hydrogens (tertiary/aromatic N) is 1. The topological polar surface area (TPSA) is 88.5 Å². The molecule has 1 saturated carbocycles. The number of carbonyl (C=O) groups is 2. The van der Waals surface area contributed by atoms with Crippen LogP contribution in [0, 0.1) is 11.2 Å². The summed E-state index contributed by atoms with van der Waals surface area (Å²) in [4.78, 5) is 28.9. The summed E-state index contributed by atoms with van der Waals surface area (Å²) in [6, 6.07) is 6.08. The lowest BCUT2D eigenvalue weighted by molar-refractivity contribution is -0.194. The Labute approximate surface area is 166 Å². The van der Waals surface area contributed by atoms with E-state index >= 15 is 0 Å². The van der Waals surface area contributed by atoms with Crippen LogP contribution in [0.1, 0.15) is 32.9 Å². The standard InChI is InChI=1S/C20H23FN2O4S/c1-4-27-15-10-20(18(25)26,19(15,2)3)23-16(24)9-14-11-28-17(22-14)12-6-5-7-13(21)8-12/h5-8,11,15H,4,9-10H2,1-3H3,(H,23,24)(H,25,26). The molecular weight excluding hydrogens is 383 g/mol. The molecule has 0 saturated heterocycles. The first kappa shape index (κ1) is 20.4. The van der Waals surface area contributed by atoms with Crippen molar-refractivity contribution in [2.24, 2.45) is 5.41 Å². The van der Waals surface area contributed by atoms with Crippen molar-refractivity contribution < 1.29 is 23.8 Å². The molecule has 8 heteroatoms. The van der Waals surface area contributed by atoms with Crippen LogP contribution in [0.2, 0.25) is 0 Å². The van der Waals surface area contributed by atoms with Gasteiger partial charge in [0.1, 0.15) is 16.4 Å². The minimum Gasteiger partial charge on any atom is -0.479 e. The number of rotatable bonds is 7. The Hall–Kier alpha value is -2.32. The zero-order chi connectivity index (χ0) is 20.5. The number of aliphatic carboxylic acids is 1. The largest absolute Gasteiger partial charge is 0.479 e. The van der Waals surface area contributed by atoms with E-state index in [4.69, 9.17) is 4.74 Å². The van der Waals surface area contributed by atoms with E-state index in [9.17, 15) is 19.1 Å². The first-order valence-corrected chi connectivity index (χ1v) is 9.94. The number of aromatic nitrogens is 1. The maximum absolute atomic E-state index is 13.4. The number of carboxylic acid groups (broad SMARTS) is 1. The van der Waals surface area contributed by atoms with Crippen LogP contribution in [0.15, 0.2) is 29.6 Å². The van der Waals surface area contributed by atoms with Gasteiger partial charge in [-0.3, -0.25) is 4.79 Å². The van der Waals surface area contributed by atoms with Crippen molar-refractivity contribution in [2.75, 3.05) is 6.61 Å². The van der Waals surface area contributed by atoms with Gasteiger partial charge in [0.2, 0.25) is 5.91 Å². The fourth-order valence-electron chi connectivity index (χ4n) is 3.63. The number of carboxylic acids is 1. The van der Waals surface area contributed by atoms with Crippen LogP contribution in [0.4, 0.5) is 4.39 Å². The molecule has 2 aromatic rings. The predicted molar refractivity (Wildman–Crippen MR) is 104 cm³/mol. The first-order valence-electron chi connectivity index (χ1n) is 9.06. The molecule has 2 unspecified atom stereocenters. The summed E-state index contributed by atoms with van der Waals surface area (Å²) in [5, 5.41) is 14.8. The molecule has 1 heterocycles. The number of nitrogens with one attached hydrogen (secondary N) is 1. The fourth-order valence-corrected chi connectivity index (χ4v) is 4.44. The number of amides is 1. The van der Waals surface area contributed by atoms with E-state index < -0.39 is 22.8 Å². The molecular formula is C20H23FN2O4S. The fraction of sp³-hybridized carbons (Fsp3) is 0.450. The SMILES string of the molecule is CCOC1CC(NC(=O)Cc2csc(-c3cccc(F)c3)n2)(C(=O)O)C1(C)C. The van der Waals surface area contributed by atoms with Crippen molar-refractivity contribution in [1.29, 1.82) is 0 Å². The van der Waals surface area contributed by atoms with Gasteiger partial charge in [0.05, 0.1) is 18.2 Å². The molecule has 0 bridgehead atoms. The highest BCUT2D eigenvalue weighted by Gasteiger charge is 2.66. The zero-order valence-corrected chi connectivity index (χ0v) is 16.8. The maximum Gasteiger partial charge on any atom is 0.330 e. The molecule has 28 heavy (non-hydrogen) atoms. The molecule has 1 aromatic carbocycles. The summed E-state index contributed by atoms with van der Waals surface area (Å²) in [5.74, 6) is -1.84. The van der Waals surface area contributed by atoms with Gasteiger partial charge < -0.3 is 15.2 Å². The lowest BCUT2D eigenvalue weighted by Gasteiger charge is -2.58. The quantitative estimate of drug-likeness (QED) is 0.737. The van der Waals surface area contributed by atoms with Gasteiger partial charge in [-0.1, -0.05) is 26.0 Å². The zero-order valence-electron chi connectivity index (χ0n) is 16.0. The molecule has 0 aliphatic heterocycles. The number of benzene rings is 1. The van der Waals surface area contributed by atoms with Crippen molar-refractivity contribution >= 4 is 23.2 Å². The van der Waals surface area contributed by atoms with E-state index in [-0.39, 0.29) is 24.8 Å². The van der Waals surface area contributed by atoms with Crippen LogP contribution in [0.25, 0.3) is 10.6 Å². The predicted octanol–water partition coefficient (Wildman–Crippen LogP) is 3.27. The van der Waals surface area contributed by atoms with Crippen LogP contribution >= 0.6 is 11.3 Å². The Bertz CT molecular complexity index is 898. The number of thiazole rings is 1. The second kappa shape index (κ2) is 7.60. The van der Waals surface area contributed by atoms with Crippen molar-refractivity contribution in [3.05, 3.63) is 41.2 Å². The molecule has 150 valence electrons. The minimum atomic E-state index is -1.37. The van der Waals surface area contributed by atoms with E-state index in [1.54, 1.807) is 31.4 Å². The summed E-state index contributed by atoms with van der Waals surface area (Å²) in [7, 11) is 0. The number of carbonyl (C=O) groups excluding carboxylic acids is 1. The highest BCUT2D eigenvalue weighted by Crippen LogP contribution is 2.51.